The number of para-hydroxylation sites is 2. The predicted molar refractivity (Wildman–Crippen MR) is 216 cm³/mol. The van der Waals surface area contributed by atoms with Gasteiger partial charge in [0.05, 0.1) is 44.9 Å². The third kappa shape index (κ3) is 6.46. The predicted octanol–water partition coefficient (Wildman–Crippen LogP) is 6.49. The van der Waals surface area contributed by atoms with E-state index in [2.05, 4.69) is 58.4 Å². The second-order valence-corrected chi connectivity index (χ2v) is 20.7. The highest BCUT2D eigenvalue weighted by molar-refractivity contribution is 9.10. The number of aliphatic hydroxyl groups excluding tert-OH is 1. The molecule has 284 valence electrons. The Morgan fingerprint density at radius 1 is 1.00 bits per heavy atom. The summed E-state index contributed by atoms with van der Waals surface area (Å²) in [6.07, 6.45) is 2.69. The lowest BCUT2D eigenvalue weighted by Crippen LogP contribution is -2.51. The number of anilines is 3. The van der Waals surface area contributed by atoms with Gasteiger partial charge >= 0.3 is 0 Å². The highest BCUT2D eigenvalue weighted by Crippen LogP contribution is 2.60. The van der Waals surface area contributed by atoms with E-state index in [9.17, 15) is 9.90 Å². The van der Waals surface area contributed by atoms with Gasteiger partial charge in [-0.05, 0) is 72.1 Å². The van der Waals surface area contributed by atoms with Crippen LogP contribution >= 0.6 is 15.9 Å². The molecule has 0 saturated carbocycles. The minimum atomic E-state index is -2.34. The second kappa shape index (κ2) is 14.7. The van der Waals surface area contributed by atoms with Crippen LogP contribution in [-0.4, -0.2) is 66.4 Å². The van der Waals surface area contributed by atoms with Crippen LogP contribution in [0.15, 0.2) is 102 Å². The molecule has 4 atom stereocenters. The summed E-state index contributed by atoms with van der Waals surface area (Å²) >= 11 is 3.71. The number of carbonyl (C=O) groups excluding carboxylic acids is 2. The maximum atomic E-state index is 15.3. The van der Waals surface area contributed by atoms with Gasteiger partial charge in [0.25, 0.3) is 11.8 Å². The lowest BCUT2D eigenvalue weighted by Gasteiger charge is -2.37. The van der Waals surface area contributed by atoms with Crippen molar-refractivity contribution in [2.24, 2.45) is 5.92 Å². The first-order valence-corrected chi connectivity index (χ1v) is 22.5. The topological polar surface area (TPSA) is 119 Å². The lowest BCUT2D eigenvalue weighted by molar-refractivity contribution is -0.146. The number of hydrogen-bond acceptors (Lipinski definition) is 8. The molecule has 0 radical (unpaired) electrons. The van der Waals surface area contributed by atoms with E-state index in [0.717, 1.165) is 38.4 Å². The average molecular weight is 823 g/mol. The summed E-state index contributed by atoms with van der Waals surface area (Å²) in [6.45, 7) is 7.81. The summed E-state index contributed by atoms with van der Waals surface area (Å²) in [5, 5.41) is 19.3. The molecule has 3 aliphatic rings. The number of benzene rings is 4. The number of ether oxygens (including phenoxy) is 3. The van der Waals surface area contributed by atoms with E-state index in [4.69, 9.17) is 14.2 Å². The second-order valence-electron chi connectivity index (χ2n) is 15.1. The van der Waals surface area contributed by atoms with Gasteiger partial charge in [0.1, 0.15) is 11.5 Å². The van der Waals surface area contributed by atoms with Gasteiger partial charge in [-0.25, -0.2) is 0 Å². The molecule has 1 N–H and O–H groups in total. The van der Waals surface area contributed by atoms with Crippen molar-refractivity contribution in [1.29, 1.82) is 0 Å². The van der Waals surface area contributed by atoms with Crippen LogP contribution in [0.1, 0.15) is 30.2 Å². The molecule has 1 aromatic heterocycles. The Labute approximate surface area is 330 Å². The van der Waals surface area contributed by atoms with E-state index in [1.165, 1.54) is 5.19 Å². The van der Waals surface area contributed by atoms with Crippen molar-refractivity contribution in [3.63, 3.8) is 0 Å². The summed E-state index contributed by atoms with van der Waals surface area (Å²) in [4.78, 5) is 31.8. The van der Waals surface area contributed by atoms with Gasteiger partial charge < -0.3 is 24.2 Å². The number of amides is 2. The van der Waals surface area contributed by atoms with Crippen molar-refractivity contribution in [3.8, 4) is 11.5 Å². The van der Waals surface area contributed by atoms with E-state index in [1.807, 2.05) is 94.6 Å². The average Bonchev–Trinajstić information content (AvgIpc) is 3.84. The third-order valence-corrected chi connectivity index (χ3v) is 16.5. The number of aryl methyl sites for hydroxylation is 1. The first kappa shape index (κ1) is 37.1. The summed E-state index contributed by atoms with van der Waals surface area (Å²) < 4.78 is 21.1. The molecule has 0 aliphatic carbocycles. The molecule has 0 bridgehead atoms. The summed E-state index contributed by atoms with van der Waals surface area (Å²) in [5.74, 6) is 1.08. The highest BCUT2D eigenvalue weighted by Gasteiger charge is 2.66. The van der Waals surface area contributed by atoms with Crippen molar-refractivity contribution >= 4 is 58.1 Å². The van der Waals surface area contributed by atoms with E-state index < -0.39 is 13.7 Å². The Kier molecular flexibility index (Phi) is 9.91. The molecule has 4 aromatic carbocycles. The standard InChI is InChI=1S/C42H44BrN5O6Si/c1-27-40(55(3,4)33-16-14-32(52-2)15-17-33)38(19-21-46-25-30(20-22-49)44-45-46)54-42(27)34-23-29(43)11-18-35(34)47(41(42)51)24-28-9-12-31(13-10-28)48-36-7-5-6-8-37(36)53-26-39(48)50/h5-18,23,25,27,38,40,49H,19-22,24,26H2,1-4H3/t27-,38+,40-,42+/m1/s1. The van der Waals surface area contributed by atoms with Crippen molar-refractivity contribution in [3.05, 3.63) is 118 Å². The van der Waals surface area contributed by atoms with E-state index in [1.54, 1.807) is 12.0 Å². The highest BCUT2D eigenvalue weighted by atomic mass is 79.9. The van der Waals surface area contributed by atoms with Crippen LogP contribution in [0.2, 0.25) is 18.6 Å². The number of carbonyl (C=O) groups is 2. The fraction of sp³-hybridized carbons (Fsp3) is 0.333. The van der Waals surface area contributed by atoms with Crippen LogP contribution < -0.4 is 24.5 Å². The fourth-order valence-electron chi connectivity index (χ4n) is 8.97. The Balaban J connectivity index is 1.13. The Bertz CT molecular complexity index is 2230. The minimum Gasteiger partial charge on any atom is -0.497 e. The first-order chi connectivity index (χ1) is 26.5. The molecule has 55 heavy (non-hydrogen) atoms. The van der Waals surface area contributed by atoms with Gasteiger partial charge in [-0.1, -0.05) is 82.7 Å². The third-order valence-electron chi connectivity index (χ3n) is 11.6. The molecule has 3 aliphatic heterocycles. The van der Waals surface area contributed by atoms with E-state index >= 15 is 4.79 Å². The molecular formula is C42H44BrN5O6Si. The first-order valence-electron chi connectivity index (χ1n) is 18.6. The largest absolute Gasteiger partial charge is 0.497 e. The zero-order valence-corrected chi connectivity index (χ0v) is 33.9. The summed E-state index contributed by atoms with van der Waals surface area (Å²) in [6, 6.07) is 29.7. The van der Waals surface area contributed by atoms with E-state index in [0.29, 0.717) is 37.4 Å². The Morgan fingerprint density at radius 3 is 2.51 bits per heavy atom. The van der Waals surface area contributed by atoms with Gasteiger partial charge in [-0.15, -0.1) is 5.10 Å². The van der Waals surface area contributed by atoms with Crippen LogP contribution in [0.3, 0.4) is 0 Å². The maximum absolute atomic E-state index is 15.3. The molecule has 5 aromatic rings. The number of aromatic nitrogens is 3. The van der Waals surface area contributed by atoms with Crippen molar-refractivity contribution in [2.45, 2.75) is 63.2 Å². The zero-order valence-electron chi connectivity index (χ0n) is 31.3. The maximum Gasteiger partial charge on any atom is 0.269 e. The molecule has 1 fully saturated rings. The van der Waals surface area contributed by atoms with Gasteiger partial charge in [0.15, 0.2) is 12.2 Å². The summed E-state index contributed by atoms with van der Waals surface area (Å²) in [5.41, 5.74) is 3.64. The normalized spacial score (nSPS) is 21.9. The van der Waals surface area contributed by atoms with E-state index in [-0.39, 0.29) is 42.6 Å². The van der Waals surface area contributed by atoms with Gasteiger partial charge in [0.2, 0.25) is 0 Å². The number of methoxy groups -OCH3 is 1. The van der Waals surface area contributed by atoms with Gasteiger partial charge in [0, 0.05) is 47.4 Å². The van der Waals surface area contributed by atoms with Crippen LogP contribution in [0, 0.1) is 5.92 Å². The fourth-order valence-corrected chi connectivity index (χ4v) is 13.4. The van der Waals surface area contributed by atoms with Crippen molar-refractivity contribution < 1.29 is 28.9 Å². The number of nitrogens with zero attached hydrogens (tertiary/aromatic N) is 5. The molecule has 1 saturated heterocycles. The van der Waals surface area contributed by atoms with Crippen LogP contribution in [-0.2, 0) is 39.4 Å². The number of rotatable bonds is 11. The molecule has 13 heteroatoms. The minimum absolute atomic E-state index is 0.00792. The Morgan fingerprint density at radius 2 is 1.76 bits per heavy atom. The summed E-state index contributed by atoms with van der Waals surface area (Å²) in [7, 11) is -0.672. The smallest absolute Gasteiger partial charge is 0.269 e. The number of hydrogen-bond donors (Lipinski definition) is 1. The zero-order chi connectivity index (χ0) is 38.5. The number of halogens is 1. The molecule has 2 amide bonds. The molecule has 8 rings (SSSR count). The Hall–Kier alpha value is -4.82. The number of fused-ring (bicyclic) bond motifs is 3. The lowest BCUT2D eigenvalue weighted by atomic mass is 9.82. The molecule has 4 heterocycles. The SMILES string of the molecule is COc1ccc([Si](C)(C)[C@H]2[C@H](CCn3cc(CCO)nn3)O[C@@]3(C(=O)N(Cc4ccc(N5C(=O)COc6ccccc65)cc4)c4ccc(Br)cc43)[C@@H]2C)cc1. The number of aliphatic hydroxyl groups is 1. The molecular weight excluding hydrogens is 778 g/mol. The molecule has 1 spiro atoms. The van der Waals surface area contributed by atoms with Gasteiger partial charge in [-0.2, -0.15) is 0 Å². The van der Waals surface area contributed by atoms with Crippen LogP contribution in [0.4, 0.5) is 17.1 Å². The quantitative estimate of drug-likeness (QED) is 0.150. The van der Waals surface area contributed by atoms with Crippen LogP contribution in [0.5, 0.6) is 11.5 Å². The molecule has 11 nitrogen and oxygen atoms in total. The van der Waals surface area contributed by atoms with Crippen LogP contribution in [0.25, 0.3) is 0 Å². The van der Waals surface area contributed by atoms with Crippen molar-refractivity contribution in [2.75, 3.05) is 30.1 Å². The van der Waals surface area contributed by atoms with Gasteiger partial charge in [-0.3, -0.25) is 19.2 Å². The molecule has 0 unspecified atom stereocenters. The monoisotopic (exact) mass is 821 g/mol. The van der Waals surface area contributed by atoms with Crippen molar-refractivity contribution in [1.82, 2.24) is 15.0 Å².